The van der Waals surface area contributed by atoms with Crippen LogP contribution in [0.3, 0.4) is 0 Å². The number of carbonyl (C=O) groups is 1. The largest absolute Gasteiger partial charge is 0.451 e. The Morgan fingerprint density at radius 2 is 1.67 bits per heavy atom. The van der Waals surface area contributed by atoms with Gasteiger partial charge >= 0.3 is 5.97 Å². The minimum Gasteiger partial charge on any atom is -0.451 e. The molecule has 0 aromatic carbocycles. The Labute approximate surface area is 109 Å². The first-order valence-corrected chi connectivity index (χ1v) is 6.03. The third kappa shape index (κ3) is 3.62. The topological polar surface area (TPSA) is 35.5 Å². The van der Waals surface area contributed by atoms with Crippen molar-refractivity contribution in [1.82, 2.24) is 0 Å². The number of cyclic esters (lactones) is 1. The van der Waals surface area contributed by atoms with E-state index < -0.39 is 11.8 Å². The molecule has 0 bridgehead atoms. The van der Waals surface area contributed by atoms with Crippen LogP contribution in [0.25, 0.3) is 0 Å². The average molecular weight is 250 g/mol. The molecule has 1 heterocycles. The van der Waals surface area contributed by atoms with E-state index in [1.165, 1.54) is 0 Å². The third-order valence-electron chi connectivity index (χ3n) is 2.14. The van der Waals surface area contributed by atoms with Gasteiger partial charge in [0.05, 0.1) is 5.57 Å². The average Bonchev–Trinajstić information content (AvgIpc) is 2.31. The number of rotatable bonds is 2. The molecular formula is C15H22O3. The Bertz CT molecular complexity index is 388. The second kappa shape index (κ2) is 6.84. The lowest BCUT2D eigenvalue weighted by atomic mass is 10.1. The minimum atomic E-state index is -0.962. The molecule has 1 fully saturated rings. The molecule has 0 aromatic rings. The zero-order valence-electron chi connectivity index (χ0n) is 11.9. The lowest BCUT2D eigenvalue weighted by Crippen LogP contribution is -2.38. The van der Waals surface area contributed by atoms with E-state index in [2.05, 4.69) is 13.2 Å². The van der Waals surface area contributed by atoms with Gasteiger partial charge < -0.3 is 9.47 Å². The van der Waals surface area contributed by atoms with Crippen LogP contribution in [0.15, 0.2) is 48.3 Å². The second-order valence-corrected chi connectivity index (χ2v) is 3.79. The van der Waals surface area contributed by atoms with Crippen LogP contribution in [0, 0.1) is 0 Å². The van der Waals surface area contributed by atoms with Crippen molar-refractivity contribution in [1.29, 1.82) is 0 Å². The van der Waals surface area contributed by atoms with Crippen molar-refractivity contribution in [2.75, 3.05) is 0 Å². The van der Waals surface area contributed by atoms with E-state index in [-0.39, 0.29) is 0 Å². The normalized spacial score (nSPS) is 19.1. The first-order chi connectivity index (χ1) is 8.45. The molecule has 18 heavy (non-hydrogen) atoms. The molecule has 3 nitrogen and oxygen atoms in total. The van der Waals surface area contributed by atoms with Gasteiger partial charge in [-0.05, 0) is 6.92 Å². The van der Waals surface area contributed by atoms with Crippen molar-refractivity contribution >= 4 is 5.97 Å². The van der Waals surface area contributed by atoms with Crippen LogP contribution >= 0.6 is 0 Å². The molecule has 0 aliphatic carbocycles. The van der Waals surface area contributed by atoms with Gasteiger partial charge in [-0.25, -0.2) is 4.79 Å². The first kappa shape index (κ1) is 16.2. The van der Waals surface area contributed by atoms with Gasteiger partial charge in [0.15, 0.2) is 0 Å². The van der Waals surface area contributed by atoms with E-state index in [0.29, 0.717) is 16.9 Å². The first-order valence-electron chi connectivity index (χ1n) is 6.03. The number of hydrogen-bond donors (Lipinski definition) is 0. The molecule has 0 N–H and O–H groups in total. The van der Waals surface area contributed by atoms with Gasteiger partial charge in [-0.3, -0.25) is 0 Å². The number of ether oxygens (including phenoxy) is 2. The Morgan fingerprint density at radius 3 is 2.06 bits per heavy atom. The molecule has 1 rings (SSSR count). The maximum absolute atomic E-state index is 11.7. The SMILES string of the molecule is C=CC(C=C)=C1OC(C)(C)OC(=O)/C1=C/C.CC. The lowest BCUT2D eigenvalue weighted by Gasteiger charge is -2.33. The van der Waals surface area contributed by atoms with Crippen molar-refractivity contribution in [2.24, 2.45) is 0 Å². The summed E-state index contributed by atoms with van der Waals surface area (Å²) >= 11 is 0. The number of carbonyl (C=O) groups excluding carboxylic acids is 1. The highest BCUT2D eigenvalue weighted by atomic mass is 16.7. The monoisotopic (exact) mass is 250 g/mol. The van der Waals surface area contributed by atoms with Crippen molar-refractivity contribution in [3.8, 4) is 0 Å². The van der Waals surface area contributed by atoms with E-state index in [1.807, 2.05) is 13.8 Å². The molecule has 100 valence electrons. The van der Waals surface area contributed by atoms with Crippen LogP contribution in [-0.4, -0.2) is 11.8 Å². The van der Waals surface area contributed by atoms with Crippen molar-refractivity contribution in [3.63, 3.8) is 0 Å². The van der Waals surface area contributed by atoms with E-state index in [4.69, 9.17) is 9.47 Å². The summed E-state index contributed by atoms with van der Waals surface area (Å²) in [4.78, 5) is 11.7. The van der Waals surface area contributed by atoms with Gasteiger partial charge in [-0.2, -0.15) is 0 Å². The Hall–Kier alpha value is -1.77. The summed E-state index contributed by atoms with van der Waals surface area (Å²) in [5, 5.41) is 0. The minimum absolute atomic E-state index is 0.394. The molecule has 0 unspecified atom stereocenters. The fraction of sp³-hybridized carbons (Fsp3) is 0.400. The van der Waals surface area contributed by atoms with E-state index in [0.717, 1.165) is 0 Å². The zero-order chi connectivity index (χ0) is 14.3. The highest BCUT2D eigenvalue weighted by Crippen LogP contribution is 2.32. The van der Waals surface area contributed by atoms with E-state index >= 15 is 0 Å². The predicted octanol–water partition coefficient (Wildman–Crippen LogP) is 3.89. The molecule has 1 aliphatic rings. The van der Waals surface area contributed by atoms with Crippen molar-refractivity contribution < 1.29 is 14.3 Å². The van der Waals surface area contributed by atoms with Crippen LogP contribution in [-0.2, 0) is 14.3 Å². The van der Waals surface area contributed by atoms with Crippen LogP contribution in [0.5, 0.6) is 0 Å². The van der Waals surface area contributed by atoms with E-state index in [9.17, 15) is 4.79 Å². The van der Waals surface area contributed by atoms with Crippen molar-refractivity contribution in [2.45, 2.75) is 40.4 Å². The van der Waals surface area contributed by atoms with Crippen LogP contribution in [0.4, 0.5) is 0 Å². The Kier molecular flexibility index (Phi) is 6.17. The third-order valence-corrected chi connectivity index (χ3v) is 2.14. The number of allylic oxidation sites excluding steroid dienone is 4. The van der Waals surface area contributed by atoms with Gasteiger partial charge in [0.2, 0.25) is 5.79 Å². The summed E-state index contributed by atoms with van der Waals surface area (Å²) in [6.45, 7) is 16.4. The van der Waals surface area contributed by atoms with Crippen LogP contribution in [0.2, 0.25) is 0 Å². The van der Waals surface area contributed by atoms with Gasteiger partial charge in [-0.15, -0.1) is 0 Å². The second-order valence-electron chi connectivity index (χ2n) is 3.79. The lowest BCUT2D eigenvalue weighted by molar-refractivity contribution is -0.208. The molecule has 1 aliphatic heterocycles. The van der Waals surface area contributed by atoms with Gasteiger partial charge in [0.25, 0.3) is 0 Å². The fourth-order valence-electron chi connectivity index (χ4n) is 1.42. The highest BCUT2D eigenvalue weighted by molar-refractivity contribution is 5.94. The molecule has 3 heteroatoms. The maximum atomic E-state index is 11.7. The summed E-state index contributed by atoms with van der Waals surface area (Å²) in [5.41, 5.74) is 1.08. The van der Waals surface area contributed by atoms with E-state index in [1.54, 1.807) is 39.0 Å². The number of hydrogen-bond acceptors (Lipinski definition) is 3. The Morgan fingerprint density at radius 1 is 1.17 bits per heavy atom. The fourth-order valence-corrected chi connectivity index (χ4v) is 1.42. The number of esters is 1. The molecule has 0 amide bonds. The van der Waals surface area contributed by atoms with Gasteiger partial charge in [0.1, 0.15) is 5.76 Å². The predicted molar refractivity (Wildman–Crippen MR) is 73.8 cm³/mol. The van der Waals surface area contributed by atoms with Crippen molar-refractivity contribution in [3.05, 3.63) is 48.3 Å². The summed E-state index contributed by atoms with van der Waals surface area (Å²) < 4.78 is 10.7. The molecule has 0 spiro atoms. The highest BCUT2D eigenvalue weighted by Gasteiger charge is 2.36. The van der Waals surface area contributed by atoms with Crippen LogP contribution in [0.1, 0.15) is 34.6 Å². The summed E-state index contributed by atoms with van der Waals surface area (Å²) in [6.07, 6.45) is 4.85. The maximum Gasteiger partial charge on any atom is 0.344 e. The molecule has 1 saturated heterocycles. The van der Waals surface area contributed by atoms with Gasteiger partial charge in [-0.1, -0.05) is 45.2 Å². The molecular weight excluding hydrogens is 228 g/mol. The van der Waals surface area contributed by atoms with Crippen LogP contribution < -0.4 is 0 Å². The summed E-state index contributed by atoms with van der Waals surface area (Å²) in [7, 11) is 0. The standard InChI is InChI=1S/C13H16O3.C2H6/c1-6-9(7-2)11-10(8-3)12(14)16-13(4,5)15-11;1-2/h6-8H,1-2H2,3-5H3;1-2H3/b10-8+;. The molecule has 0 radical (unpaired) electrons. The smallest absolute Gasteiger partial charge is 0.344 e. The Balaban J connectivity index is 0.00000137. The van der Waals surface area contributed by atoms with Gasteiger partial charge in [0, 0.05) is 19.4 Å². The quantitative estimate of drug-likeness (QED) is 0.551. The zero-order valence-corrected chi connectivity index (χ0v) is 11.9. The summed E-state index contributed by atoms with van der Waals surface area (Å²) in [5.74, 6) is -0.889. The molecule has 0 aromatic heterocycles. The molecule has 0 saturated carbocycles. The summed E-state index contributed by atoms with van der Waals surface area (Å²) in [6, 6.07) is 0. The molecule has 0 atom stereocenters.